The first-order valence-corrected chi connectivity index (χ1v) is 13.7. The van der Waals surface area contributed by atoms with Crippen molar-refractivity contribution < 1.29 is 0 Å². The van der Waals surface area contributed by atoms with Crippen molar-refractivity contribution in [3.63, 3.8) is 0 Å². The monoisotopic (exact) mass is 502 g/mol. The molecule has 0 aliphatic carbocycles. The first-order valence-electron chi connectivity index (χ1n) is 12.9. The van der Waals surface area contributed by atoms with Gasteiger partial charge < -0.3 is 0 Å². The fraction of sp³-hybridized carbons (Fsp3) is 0.0286. The third kappa shape index (κ3) is 3.12. The summed E-state index contributed by atoms with van der Waals surface area (Å²) >= 11 is 1.85. The quantitative estimate of drug-likeness (QED) is 0.220. The van der Waals surface area contributed by atoms with Crippen LogP contribution in [0.3, 0.4) is 0 Å². The number of benzene rings is 6. The van der Waals surface area contributed by atoms with Gasteiger partial charge in [-0.2, -0.15) is 0 Å². The van der Waals surface area contributed by atoms with Gasteiger partial charge in [-0.3, -0.25) is 0 Å². The van der Waals surface area contributed by atoms with E-state index in [1.165, 1.54) is 42.1 Å². The second-order valence-electron chi connectivity index (χ2n) is 9.80. The molecule has 3 heteroatoms. The number of hydrogen-bond donors (Lipinski definition) is 0. The van der Waals surface area contributed by atoms with Gasteiger partial charge in [0.1, 0.15) is 0 Å². The molecular formula is C35H22N2S. The van der Waals surface area contributed by atoms with E-state index in [4.69, 9.17) is 9.97 Å². The lowest BCUT2D eigenvalue weighted by molar-refractivity contribution is 1.20. The predicted molar refractivity (Wildman–Crippen MR) is 163 cm³/mol. The van der Waals surface area contributed by atoms with Crippen molar-refractivity contribution in [2.75, 3.05) is 0 Å². The van der Waals surface area contributed by atoms with E-state index >= 15 is 0 Å². The molecule has 2 aromatic heterocycles. The van der Waals surface area contributed by atoms with Crippen LogP contribution < -0.4 is 0 Å². The van der Waals surface area contributed by atoms with E-state index in [0.717, 1.165) is 38.8 Å². The molecule has 6 aromatic carbocycles. The molecule has 0 aliphatic rings. The van der Waals surface area contributed by atoms with Gasteiger partial charge in [-0.15, -0.1) is 11.3 Å². The summed E-state index contributed by atoms with van der Waals surface area (Å²) in [5.74, 6) is 0. The van der Waals surface area contributed by atoms with Crippen molar-refractivity contribution >= 4 is 64.1 Å². The summed E-state index contributed by atoms with van der Waals surface area (Å²) in [6, 6.07) is 41.1. The van der Waals surface area contributed by atoms with Crippen molar-refractivity contribution in [2.45, 2.75) is 6.92 Å². The van der Waals surface area contributed by atoms with E-state index < -0.39 is 0 Å². The molecule has 8 aromatic rings. The number of nitrogens with zero attached hydrogens (tertiary/aromatic N) is 2. The standard InChI is InChI=1S/C35H22N2S/c1-21-33(37-35-29-16-7-4-12-25(29)24-11-3-6-15-28(24)34(35)36-21)27-14-5-2-10-23(27)22-18-19-32-30(20-22)26-13-8-9-17-31(26)38-32/h2-20H,1H3. The molecule has 0 N–H and O–H groups in total. The highest BCUT2D eigenvalue weighted by Gasteiger charge is 2.17. The van der Waals surface area contributed by atoms with E-state index in [-0.39, 0.29) is 0 Å². The van der Waals surface area contributed by atoms with Gasteiger partial charge in [0.15, 0.2) is 0 Å². The zero-order valence-electron chi connectivity index (χ0n) is 20.8. The minimum absolute atomic E-state index is 0.934. The van der Waals surface area contributed by atoms with Crippen molar-refractivity contribution in [1.29, 1.82) is 0 Å². The highest BCUT2D eigenvalue weighted by atomic mass is 32.1. The summed E-state index contributed by atoms with van der Waals surface area (Å²) < 4.78 is 2.63. The normalized spacial score (nSPS) is 11.8. The SMILES string of the molecule is Cc1nc2c3ccccc3c3ccccc3c2nc1-c1ccccc1-c1ccc2sc3ccccc3c2c1. The zero-order chi connectivity index (χ0) is 25.2. The topological polar surface area (TPSA) is 25.8 Å². The zero-order valence-corrected chi connectivity index (χ0v) is 21.6. The Balaban J connectivity index is 1.41. The summed E-state index contributed by atoms with van der Waals surface area (Å²) in [6.07, 6.45) is 0. The fourth-order valence-electron chi connectivity index (χ4n) is 5.83. The lowest BCUT2D eigenvalue weighted by atomic mass is 9.94. The molecule has 0 unspecified atom stereocenters. The number of aryl methyl sites for hydroxylation is 1. The Morgan fingerprint density at radius 2 is 1.03 bits per heavy atom. The molecule has 0 atom stereocenters. The molecule has 0 aliphatic heterocycles. The van der Waals surface area contributed by atoms with Crippen LogP contribution in [0, 0.1) is 6.92 Å². The van der Waals surface area contributed by atoms with Crippen LogP contribution in [0.4, 0.5) is 0 Å². The second-order valence-corrected chi connectivity index (χ2v) is 10.9. The van der Waals surface area contributed by atoms with Crippen LogP contribution >= 0.6 is 11.3 Å². The summed E-state index contributed by atoms with van der Waals surface area (Å²) in [5.41, 5.74) is 7.26. The average molecular weight is 503 g/mol. The molecule has 178 valence electrons. The third-order valence-electron chi connectivity index (χ3n) is 7.59. The molecule has 0 spiro atoms. The van der Waals surface area contributed by atoms with E-state index in [0.29, 0.717) is 0 Å². The first kappa shape index (κ1) is 21.5. The highest BCUT2D eigenvalue weighted by Crippen LogP contribution is 2.40. The van der Waals surface area contributed by atoms with Crippen LogP contribution in [0.2, 0.25) is 0 Å². The number of rotatable bonds is 2. The van der Waals surface area contributed by atoms with Gasteiger partial charge in [-0.25, -0.2) is 9.97 Å². The van der Waals surface area contributed by atoms with E-state index in [9.17, 15) is 0 Å². The lowest BCUT2D eigenvalue weighted by Crippen LogP contribution is -1.98. The van der Waals surface area contributed by atoms with Crippen LogP contribution in [-0.2, 0) is 0 Å². The van der Waals surface area contributed by atoms with Gasteiger partial charge in [0.05, 0.1) is 22.4 Å². The van der Waals surface area contributed by atoms with Crippen LogP contribution in [0.25, 0.3) is 75.1 Å². The molecular weight excluding hydrogens is 480 g/mol. The third-order valence-corrected chi connectivity index (χ3v) is 8.75. The maximum Gasteiger partial charge on any atom is 0.0979 e. The fourth-order valence-corrected chi connectivity index (χ4v) is 6.92. The molecule has 0 radical (unpaired) electrons. The Morgan fingerprint density at radius 3 is 1.76 bits per heavy atom. The van der Waals surface area contributed by atoms with Gasteiger partial charge in [0.2, 0.25) is 0 Å². The number of hydrogen-bond acceptors (Lipinski definition) is 3. The first-order chi connectivity index (χ1) is 18.8. The Hall–Kier alpha value is -4.60. The molecule has 0 amide bonds. The van der Waals surface area contributed by atoms with Gasteiger partial charge in [0, 0.05) is 36.5 Å². The molecule has 2 nitrogen and oxygen atoms in total. The number of aromatic nitrogens is 2. The van der Waals surface area contributed by atoms with E-state index in [1.807, 2.05) is 11.3 Å². The largest absolute Gasteiger partial charge is 0.249 e. The van der Waals surface area contributed by atoms with Crippen LogP contribution in [-0.4, -0.2) is 9.97 Å². The summed E-state index contributed by atoms with van der Waals surface area (Å²) in [7, 11) is 0. The summed E-state index contributed by atoms with van der Waals surface area (Å²) in [4.78, 5) is 10.5. The molecule has 2 heterocycles. The highest BCUT2D eigenvalue weighted by molar-refractivity contribution is 7.25. The van der Waals surface area contributed by atoms with Gasteiger partial charge >= 0.3 is 0 Å². The average Bonchev–Trinajstić information content (AvgIpc) is 3.35. The van der Waals surface area contributed by atoms with Crippen molar-refractivity contribution in [3.05, 3.63) is 121 Å². The smallest absolute Gasteiger partial charge is 0.0979 e. The maximum absolute atomic E-state index is 5.35. The molecule has 0 saturated carbocycles. The Kier molecular flexibility index (Phi) is 4.64. The Bertz CT molecular complexity index is 2210. The van der Waals surface area contributed by atoms with E-state index in [1.54, 1.807) is 0 Å². The molecule has 0 saturated heterocycles. The molecule has 38 heavy (non-hydrogen) atoms. The lowest BCUT2D eigenvalue weighted by Gasteiger charge is -2.15. The Morgan fingerprint density at radius 1 is 0.474 bits per heavy atom. The van der Waals surface area contributed by atoms with Crippen molar-refractivity contribution in [2.24, 2.45) is 0 Å². The van der Waals surface area contributed by atoms with Gasteiger partial charge in [0.25, 0.3) is 0 Å². The Labute approximate surface area is 223 Å². The minimum Gasteiger partial charge on any atom is -0.249 e. The van der Waals surface area contributed by atoms with Gasteiger partial charge in [-0.1, -0.05) is 97.1 Å². The summed E-state index contributed by atoms with van der Waals surface area (Å²) in [6.45, 7) is 2.08. The van der Waals surface area contributed by atoms with Crippen molar-refractivity contribution in [1.82, 2.24) is 9.97 Å². The van der Waals surface area contributed by atoms with Crippen LogP contribution in [0.5, 0.6) is 0 Å². The number of thiophene rings is 1. The van der Waals surface area contributed by atoms with Gasteiger partial charge in [-0.05, 0) is 47.0 Å². The predicted octanol–water partition coefficient (Wildman–Crippen LogP) is 9.95. The maximum atomic E-state index is 5.35. The van der Waals surface area contributed by atoms with E-state index in [2.05, 4.69) is 122 Å². The number of fused-ring (bicyclic) bond motifs is 9. The molecule has 0 bridgehead atoms. The molecule has 0 fully saturated rings. The van der Waals surface area contributed by atoms with Crippen LogP contribution in [0.15, 0.2) is 115 Å². The summed E-state index contributed by atoms with van der Waals surface area (Å²) in [5, 5.41) is 7.32. The van der Waals surface area contributed by atoms with Crippen LogP contribution in [0.1, 0.15) is 5.69 Å². The second kappa shape index (κ2) is 8.20. The minimum atomic E-state index is 0.934. The molecule has 8 rings (SSSR count). The van der Waals surface area contributed by atoms with Crippen molar-refractivity contribution in [3.8, 4) is 22.4 Å².